The molecule has 0 radical (unpaired) electrons. The van der Waals surface area contributed by atoms with E-state index in [9.17, 15) is 0 Å². The SMILES string of the molecule is CC(S)NC1CCCCC1. The molecule has 0 heterocycles. The molecule has 1 fully saturated rings. The van der Waals surface area contributed by atoms with Crippen molar-refractivity contribution in [3.05, 3.63) is 0 Å². The smallest absolute Gasteiger partial charge is 0.0475 e. The van der Waals surface area contributed by atoms with Gasteiger partial charge in [-0.25, -0.2) is 0 Å². The maximum atomic E-state index is 4.30. The van der Waals surface area contributed by atoms with Crippen LogP contribution in [-0.2, 0) is 0 Å². The van der Waals surface area contributed by atoms with E-state index in [1.807, 2.05) is 0 Å². The van der Waals surface area contributed by atoms with Crippen molar-refractivity contribution >= 4 is 12.6 Å². The van der Waals surface area contributed by atoms with Crippen LogP contribution >= 0.6 is 12.6 Å². The highest BCUT2D eigenvalue weighted by Gasteiger charge is 2.12. The highest BCUT2D eigenvalue weighted by Crippen LogP contribution is 2.17. The molecule has 0 aliphatic heterocycles. The average Bonchev–Trinajstić information content (AvgIpc) is 1.88. The molecule has 0 bridgehead atoms. The largest absolute Gasteiger partial charge is 0.303 e. The fourth-order valence-corrected chi connectivity index (χ4v) is 1.82. The Morgan fingerprint density at radius 1 is 1.30 bits per heavy atom. The molecule has 1 nitrogen and oxygen atoms in total. The first-order valence-corrected chi connectivity index (χ1v) is 4.75. The Kier molecular flexibility index (Phi) is 3.57. The summed E-state index contributed by atoms with van der Waals surface area (Å²) >= 11 is 4.30. The first kappa shape index (κ1) is 8.41. The van der Waals surface area contributed by atoms with Gasteiger partial charge in [0.2, 0.25) is 0 Å². The van der Waals surface area contributed by atoms with Gasteiger partial charge in [0.25, 0.3) is 0 Å². The van der Waals surface area contributed by atoms with Crippen LogP contribution in [0.25, 0.3) is 0 Å². The minimum Gasteiger partial charge on any atom is -0.303 e. The van der Waals surface area contributed by atoms with Crippen LogP contribution in [-0.4, -0.2) is 11.4 Å². The molecule has 0 saturated heterocycles. The van der Waals surface area contributed by atoms with Crippen molar-refractivity contribution < 1.29 is 0 Å². The van der Waals surface area contributed by atoms with E-state index in [0.717, 1.165) is 6.04 Å². The summed E-state index contributed by atoms with van der Waals surface area (Å²) in [5, 5.41) is 3.81. The maximum Gasteiger partial charge on any atom is 0.0475 e. The van der Waals surface area contributed by atoms with Crippen molar-refractivity contribution in [1.82, 2.24) is 5.32 Å². The fraction of sp³-hybridized carbons (Fsp3) is 1.00. The Labute approximate surface area is 69.0 Å². The number of thiol groups is 1. The summed E-state index contributed by atoms with van der Waals surface area (Å²) in [6.45, 7) is 2.09. The minimum atomic E-state index is 0.364. The van der Waals surface area contributed by atoms with Gasteiger partial charge >= 0.3 is 0 Å². The van der Waals surface area contributed by atoms with Crippen molar-refractivity contribution in [3.8, 4) is 0 Å². The lowest BCUT2D eigenvalue weighted by Crippen LogP contribution is -2.34. The van der Waals surface area contributed by atoms with Gasteiger partial charge in [0.15, 0.2) is 0 Å². The quantitative estimate of drug-likeness (QED) is 0.465. The Balaban J connectivity index is 2.13. The van der Waals surface area contributed by atoms with E-state index in [1.54, 1.807) is 0 Å². The van der Waals surface area contributed by atoms with Crippen LogP contribution in [0.1, 0.15) is 39.0 Å². The lowest BCUT2D eigenvalue weighted by atomic mass is 9.96. The zero-order chi connectivity index (χ0) is 7.40. The summed E-state index contributed by atoms with van der Waals surface area (Å²) in [4.78, 5) is 0. The Hall–Kier alpha value is 0.310. The third kappa shape index (κ3) is 2.93. The van der Waals surface area contributed by atoms with Gasteiger partial charge < -0.3 is 5.32 Å². The van der Waals surface area contributed by atoms with Crippen LogP contribution in [0.2, 0.25) is 0 Å². The molecule has 0 aromatic carbocycles. The molecule has 1 unspecified atom stereocenters. The second-order valence-corrected chi connectivity index (χ2v) is 3.95. The predicted octanol–water partition coefficient (Wildman–Crippen LogP) is 2.18. The fourth-order valence-electron chi connectivity index (χ4n) is 1.61. The molecule has 60 valence electrons. The molecule has 1 saturated carbocycles. The van der Waals surface area contributed by atoms with Gasteiger partial charge in [0.05, 0.1) is 0 Å². The summed E-state index contributed by atoms with van der Waals surface area (Å²) in [6, 6.07) is 0.751. The van der Waals surface area contributed by atoms with Gasteiger partial charge in [0.1, 0.15) is 0 Å². The van der Waals surface area contributed by atoms with E-state index >= 15 is 0 Å². The van der Waals surface area contributed by atoms with E-state index in [2.05, 4.69) is 24.9 Å². The molecule has 10 heavy (non-hydrogen) atoms. The molecule has 1 aliphatic carbocycles. The molecule has 0 amide bonds. The van der Waals surface area contributed by atoms with Crippen molar-refractivity contribution in [2.24, 2.45) is 0 Å². The van der Waals surface area contributed by atoms with Crippen LogP contribution < -0.4 is 5.32 Å². The molecule has 1 N–H and O–H groups in total. The first-order chi connectivity index (χ1) is 4.79. The number of nitrogens with one attached hydrogen (secondary N) is 1. The van der Waals surface area contributed by atoms with Crippen molar-refractivity contribution in [2.45, 2.75) is 50.4 Å². The Morgan fingerprint density at radius 2 is 1.90 bits per heavy atom. The number of rotatable bonds is 2. The Bertz CT molecular complexity index is 87.3. The summed E-state index contributed by atoms with van der Waals surface area (Å²) in [6.07, 6.45) is 6.94. The molecule has 1 aliphatic rings. The lowest BCUT2D eigenvalue weighted by Gasteiger charge is -2.24. The monoisotopic (exact) mass is 159 g/mol. The predicted molar refractivity (Wildman–Crippen MR) is 48.5 cm³/mol. The van der Waals surface area contributed by atoms with Gasteiger partial charge in [-0.2, -0.15) is 12.6 Å². The topological polar surface area (TPSA) is 12.0 Å². The van der Waals surface area contributed by atoms with E-state index in [0.29, 0.717) is 5.37 Å². The molecule has 1 atom stereocenters. The number of hydrogen-bond donors (Lipinski definition) is 2. The highest BCUT2D eigenvalue weighted by atomic mass is 32.1. The maximum absolute atomic E-state index is 4.30. The van der Waals surface area contributed by atoms with Crippen LogP contribution in [0.15, 0.2) is 0 Å². The highest BCUT2D eigenvalue weighted by molar-refractivity contribution is 7.80. The van der Waals surface area contributed by atoms with Gasteiger partial charge in [0, 0.05) is 11.4 Å². The first-order valence-electron chi connectivity index (χ1n) is 4.23. The zero-order valence-corrected chi connectivity index (χ0v) is 7.53. The second kappa shape index (κ2) is 4.24. The normalized spacial score (nSPS) is 24.6. The van der Waals surface area contributed by atoms with Gasteiger partial charge in [-0.3, -0.25) is 0 Å². The van der Waals surface area contributed by atoms with E-state index in [4.69, 9.17) is 0 Å². The molecular formula is C8H17NS. The van der Waals surface area contributed by atoms with Crippen LogP contribution in [0.5, 0.6) is 0 Å². The minimum absolute atomic E-state index is 0.364. The molecule has 0 aromatic heterocycles. The molecular weight excluding hydrogens is 142 g/mol. The van der Waals surface area contributed by atoms with Crippen molar-refractivity contribution in [1.29, 1.82) is 0 Å². The van der Waals surface area contributed by atoms with E-state index < -0.39 is 0 Å². The van der Waals surface area contributed by atoms with Crippen LogP contribution in [0, 0.1) is 0 Å². The van der Waals surface area contributed by atoms with E-state index in [-0.39, 0.29) is 0 Å². The zero-order valence-electron chi connectivity index (χ0n) is 6.64. The molecule has 1 rings (SSSR count). The number of hydrogen-bond acceptors (Lipinski definition) is 2. The summed E-state index contributed by atoms with van der Waals surface area (Å²) in [5.41, 5.74) is 0. The van der Waals surface area contributed by atoms with Gasteiger partial charge in [-0.1, -0.05) is 19.3 Å². The second-order valence-electron chi connectivity index (χ2n) is 3.18. The standard InChI is InChI=1S/C8H17NS/c1-7(10)9-8-5-3-2-4-6-8/h7-10H,2-6H2,1H3. The molecule has 0 spiro atoms. The van der Waals surface area contributed by atoms with E-state index in [1.165, 1.54) is 32.1 Å². The lowest BCUT2D eigenvalue weighted by molar-refractivity contribution is 0.373. The summed E-state index contributed by atoms with van der Waals surface area (Å²) in [5.74, 6) is 0. The molecule has 2 heteroatoms. The summed E-state index contributed by atoms with van der Waals surface area (Å²) < 4.78 is 0. The third-order valence-corrected chi connectivity index (χ3v) is 2.23. The van der Waals surface area contributed by atoms with Gasteiger partial charge in [-0.15, -0.1) is 0 Å². The third-order valence-electron chi connectivity index (χ3n) is 2.08. The van der Waals surface area contributed by atoms with Crippen molar-refractivity contribution in [3.63, 3.8) is 0 Å². The van der Waals surface area contributed by atoms with Crippen LogP contribution in [0.3, 0.4) is 0 Å². The van der Waals surface area contributed by atoms with Crippen LogP contribution in [0.4, 0.5) is 0 Å². The van der Waals surface area contributed by atoms with Crippen molar-refractivity contribution in [2.75, 3.05) is 0 Å². The van der Waals surface area contributed by atoms with Gasteiger partial charge in [-0.05, 0) is 19.8 Å². The summed E-state index contributed by atoms with van der Waals surface area (Å²) in [7, 11) is 0. The molecule has 0 aromatic rings. The Morgan fingerprint density at radius 3 is 2.40 bits per heavy atom. The average molecular weight is 159 g/mol.